The summed E-state index contributed by atoms with van der Waals surface area (Å²) in [7, 11) is -8.12. The number of benzene rings is 2. The van der Waals surface area contributed by atoms with Gasteiger partial charge in [-0.2, -0.15) is 8.42 Å². The van der Waals surface area contributed by atoms with Crippen LogP contribution in [0.2, 0.25) is 0 Å². The summed E-state index contributed by atoms with van der Waals surface area (Å²) in [5.74, 6) is -1.51. The summed E-state index contributed by atoms with van der Waals surface area (Å²) in [5.41, 5.74) is 0.433. The zero-order chi connectivity index (χ0) is 27.7. The van der Waals surface area contributed by atoms with Crippen LogP contribution < -0.4 is 15.7 Å². The number of nitrogens with two attached hydrogens (primary N) is 1. The van der Waals surface area contributed by atoms with Gasteiger partial charge in [0.05, 0.1) is 10.6 Å². The molecule has 38 heavy (non-hydrogen) atoms. The zero-order valence-electron chi connectivity index (χ0n) is 19.7. The number of hydrogen-bond donors (Lipinski definition) is 3. The molecule has 0 bridgehead atoms. The van der Waals surface area contributed by atoms with Crippen LogP contribution in [0.1, 0.15) is 19.3 Å². The molecule has 4 aromatic rings. The van der Waals surface area contributed by atoms with Crippen molar-refractivity contribution in [3.8, 4) is 11.5 Å². The molecule has 2 aromatic carbocycles. The molecule has 13 nitrogen and oxygen atoms in total. The van der Waals surface area contributed by atoms with Gasteiger partial charge in [0, 0.05) is 42.7 Å². The second kappa shape index (κ2) is 10.5. The van der Waals surface area contributed by atoms with Crippen molar-refractivity contribution in [2.24, 2.45) is 5.14 Å². The highest BCUT2D eigenvalue weighted by Gasteiger charge is 2.18. The van der Waals surface area contributed by atoms with Crippen molar-refractivity contribution in [2.45, 2.75) is 24.2 Å². The quantitative estimate of drug-likeness (QED) is 0.176. The number of rotatable bonds is 11. The molecule has 0 unspecified atom stereocenters. The van der Waals surface area contributed by atoms with Gasteiger partial charge >= 0.3 is 11.6 Å². The number of carbonyl (C=O) groups is 1. The Hall–Kier alpha value is -3.79. The number of carboxylic acid groups (broad SMARTS) is 1. The number of carboxylic acids is 1. The Bertz CT molecular complexity index is 1790. The van der Waals surface area contributed by atoms with Crippen LogP contribution in [0.3, 0.4) is 0 Å². The molecule has 2 aromatic heterocycles. The predicted octanol–water partition coefficient (Wildman–Crippen LogP) is 2.20. The second-order valence-electron chi connectivity index (χ2n) is 8.49. The molecular weight excluding hydrogens is 542 g/mol. The van der Waals surface area contributed by atoms with Gasteiger partial charge in [0.15, 0.2) is 5.58 Å². The maximum atomic E-state index is 12.8. The number of primary sulfonamides is 1. The Morgan fingerprint density at radius 2 is 1.71 bits per heavy atom. The van der Waals surface area contributed by atoms with E-state index in [1.807, 2.05) is 0 Å². The summed E-state index contributed by atoms with van der Waals surface area (Å²) in [6.07, 6.45) is 0.286. The van der Waals surface area contributed by atoms with Gasteiger partial charge in [-0.3, -0.25) is 9.35 Å². The van der Waals surface area contributed by atoms with Crippen LogP contribution in [0.25, 0.3) is 33.5 Å². The molecule has 0 atom stereocenters. The van der Waals surface area contributed by atoms with Gasteiger partial charge in [0.1, 0.15) is 16.7 Å². The second-order valence-corrected chi connectivity index (χ2v) is 11.6. The van der Waals surface area contributed by atoms with Crippen LogP contribution in [-0.4, -0.2) is 56.3 Å². The normalized spacial score (nSPS) is 12.3. The molecule has 0 aliphatic rings. The summed E-state index contributed by atoms with van der Waals surface area (Å²) in [4.78, 5) is 29.5. The van der Waals surface area contributed by atoms with Gasteiger partial charge in [-0.15, -0.1) is 0 Å². The van der Waals surface area contributed by atoms with Crippen molar-refractivity contribution in [3.05, 3.63) is 52.9 Å². The third kappa shape index (κ3) is 6.55. The van der Waals surface area contributed by atoms with E-state index < -0.39 is 37.5 Å². The lowest BCUT2D eigenvalue weighted by Crippen LogP contribution is -2.27. The summed E-state index contributed by atoms with van der Waals surface area (Å²) < 4.78 is 65.5. The molecule has 0 saturated carbocycles. The molecule has 0 aliphatic heterocycles. The molecule has 4 N–H and O–H groups in total. The minimum Gasteiger partial charge on any atom is -0.481 e. The van der Waals surface area contributed by atoms with Gasteiger partial charge in [0.25, 0.3) is 10.1 Å². The van der Waals surface area contributed by atoms with Crippen molar-refractivity contribution in [2.75, 3.05) is 23.7 Å². The maximum absolute atomic E-state index is 12.8. The molecule has 0 fully saturated rings. The van der Waals surface area contributed by atoms with E-state index in [1.54, 1.807) is 23.1 Å². The van der Waals surface area contributed by atoms with Crippen molar-refractivity contribution >= 4 is 53.9 Å². The summed E-state index contributed by atoms with van der Waals surface area (Å²) in [5, 5.41) is 14.6. The van der Waals surface area contributed by atoms with Gasteiger partial charge in [-0.1, -0.05) is 0 Å². The standard InChI is InChI=1S/C23H23N3O10S2/c24-38(33,34)16-6-7-18-20(13-16)35-22(25-18)17-11-14-4-5-15(12-19(14)36-23(17)29)26(8-1-3-21(27)28)9-2-10-37(30,31)32/h4-7,11-13H,1-3,8-10H2,(H,27,28)(H2,24,33,34)(H,30,31,32). The van der Waals surface area contributed by atoms with Crippen molar-refractivity contribution in [3.63, 3.8) is 0 Å². The van der Waals surface area contributed by atoms with E-state index in [0.717, 1.165) is 0 Å². The average Bonchev–Trinajstić information content (AvgIpc) is 3.24. The first kappa shape index (κ1) is 27.3. The van der Waals surface area contributed by atoms with Crippen LogP contribution in [0, 0.1) is 0 Å². The molecule has 202 valence electrons. The lowest BCUT2D eigenvalue weighted by Gasteiger charge is -2.24. The Kier molecular flexibility index (Phi) is 7.55. The fourth-order valence-corrected chi connectivity index (χ4v) is 4.89. The first-order valence-corrected chi connectivity index (χ1v) is 14.4. The van der Waals surface area contributed by atoms with Crippen LogP contribution >= 0.6 is 0 Å². The summed E-state index contributed by atoms with van der Waals surface area (Å²) >= 11 is 0. The Labute approximate surface area is 216 Å². The fraction of sp³-hybridized carbons (Fsp3) is 0.261. The van der Waals surface area contributed by atoms with Gasteiger partial charge in [0.2, 0.25) is 15.9 Å². The number of sulfonamides is 1. The van der Waals surface area contributed by atoms with Crippen LogP contribution in [0.5, 0.6) is 0 Å². The number of aliphatic carboxylic acids is 1. The molecule has 15 heteroatoms. The smallest absolute Gasteiger partial charge is 0.349 e. The topological polar surface area (TPSA) is 211 Å². The third-order valence-electron chi connectivity index (χ3n) is 5.65. The molecule has 4 rings (SSSR count). The summed E-state index contributed by atoms with van der Waals surface area (Å²) in [6.45, 7) is 0.492. The van der Waals surface area contributed by atoms with E-state index in [4.69, 9.17) is 23.6 Å². The Balaban J connectivity index is 1.66. The number of anilines is 1. The fourth-order valence-electron chi connectivity index (χ4n) is 3.87. The number of aromatic nitrogens is 1. The van der Waals surface area contributed by atoms with E-state index in [2.05, 4.69) is 4.98 Å². The maximum Gasteiger partial charge on any atom is 0.349 e. The molecule has 2 heterocycles. The average molecular weight is 566 g/mol. The largest absolute Gasteiger partial charge is 0.481 e. The van der Waals surface area contributed by atoms with Crippen LogP contribution in [0.15, 0.2) is 61.0 Å². The van der Waals surface area contributed by atoms with E-state index in [9.17, 15) is 26.4 Å². The van der Waals surface area contributed by atoms with Crippen molar-refractivity contribution < 1.29 is 40.1 Å². The lowest BCUT2D eigenvalue weighted by molar-refractivity contribution is -0.137. The van der Waals surface area contributed by atoms with Gasteiger partial charge in [-0.25, -0.2) is 23.3 Å². The van der Waals surface area contributed by atoms with Crippen LogP contribution in [0.4, 0.5) is 5.69 Å². The first-order valence-electron chi connectivity index (χ1n) is 11.2. The third-order valence-corrected chi connectivity index (χ3v) is 7.37. The monoisotopic (exact) mass is 565 g/mol. The first-order chi connectivity index (χ1) is 17.8. The molecule has 0 amide bonds. The number of oxazole rings is 1. The number of hydrogen-bond acceptors (Lipinski definition) is 10. The molecule has 0 radical (unpaired) electrons. The van der Waals surface area contributed by atoms with Crippen LogP contribution in [-0.2, 0) is 24.9 Å². The SMILES string of the molecule is NS(=O)(=O)c1ccc2nc(-c3cc4ccc(N(CCCC(=O)O)CCCS(=O)(=O)O)cc4oc3=O)oc2c1. The predicted molar refractivity (Wildman–Crippen MR) is 137 cm³/mol. The highest BCUT2D eigenvalue weighted by molar-refractivity contribution is 7.89. The molecular formula is C23H23N3O10S2. The van der Waals surface area contributed by atoms with Gasteiger partial charge < -0.3 is 18.8 Å². The zero-order valence-corrected chi connectivity index (χ0v) is 21.4. The van der Waals surface area contributed by atoms with Crippen molar-refractivity contribution in [1.29, 1.82) is 0 Å². The van der Waals surface area contributed by atoms with E-state index in [1.165, 1.54) is 24.3 Å². The highest BCUT2D eigenvalue weighted by Crippen LogP contribution is 2.28. The Morgan fingerprint density at radius 3 is 2.39 bits per heavy atom. The van der Waals surface area contributed by atoms with Crippen molar-refractivity contribution in [1.82, 2.24) is 4.98 Å². The molecule has 0 aliphatic carbocycles. The molecule has 0 saturated heterocycles. The number of nitrogens with zero attached hydrogens (tertiary/aromatic N) is 2. The lowest BCUT2D eigenvalue weighted by atomic mass is 10.1. The van der Waals surface area contributed by atoms with E-state index in [-0.39, 0.29) is 59.9 Å². The minimum absolute atomic E-state index is 0.00470. The minimum atomic E-state index is -4.16. The molecule has 0 spiro atoms. The van der Waals surface area contributed by atoms with E-state index in [0.29, 0.717) is 16.6 Å². The number of fused-ring (bicyclic) bond motifs is 2. The van der Waals surface area contributed by atoms with Gasteiger partial charge in [-0.05, 0) is 43.2 Å². The highest BCUT2D eigenvalue weighted by atomic mass is 32.2. The van der Waals surface area contributed by atoms with E-state index >= 15 is 0 Å². The summed E-state index contributed by atoms with van der Waals surface area (Å²) in [6, 6.07) is 10.3. The Morgan fingerprint density at radius 1 is 0.974 bits per heavy atom.